The van der Waals surface area contributed by atoms with E-state index in [0.717, 1.165) is 17.5 Å². The summed E-state index contributed by atoms with van der Waals surface area (Å²) in [5.41, 5.74) is 3.29. The highest BCUT2D eigenvalue weighted by molar-refractivity contribution is 5.95. The van der Waals surface area contributed by atoms with E-state index >= 15 is 0 Å². The summed E-state index contributed by atoms with van der Waals surface area (Å²) in [4.78, 5) is 11.4. The summed E-state index contributed by atoms with van der Waals surface area (Å²) < 4.78 is 0. The van der Waals surface area contributed by atoms with Crippen LogP contribution in [0, 0.1) is 0 Å². The largest absolute Gasteiger partial charge is 0.295 e. The number of rotatable bonds is 3. The maximum atomic E-state index is 11.4. The third-order valence-electron chi connectivity index (χ3n) is 2.53. The van der Waals surface area contributed by atoms with Gasteiger partial charge in [-0.25, -0.2) is 0 Å². The van der Waals surface area contributed by atoms with Gasteiger partial charge in [-0.3, -0.25) is 4.79 Å². The van der Waals surface area contributed by atoms with Crippen molar-refractivity contribution in [2.24, 2.45) is 0 Å². The first-order chi connectivity index (χ1) is 6.56. The zero-order valence-electron chi connectivity index (χ0n) is 9.42. The van der Waals surface area contributed by atoms with E-state index in [0.29, 0.717) is 5.92 Å². The molecule has 1 aromatic rings. The second-order valence-corrected chi connectivity index (χ2v) is 3.99. The van der Waals surface area contributed by atoms with Gasteiger partial charge in [-0.05, 0) is 36.5 Å². The van der Waals surface area contributed by atoms with Gasteiger partial charge >= 0.3 is 0 Å². The average Bonchev–Trinajstić information content (AvgIpc) is 2.16. The van der Waals surface area contributed by atoms with Crippen molar-refractivity contribution in [3.05, 3.63) is 34.9 Å². The first-order valence-electron chi connectivity index (χ1n) is 5.20. The summed E-state index contributed by atoms with van der Waals surface area (Å²) >= 11 is 0. The van der Waals surface area contributed by atoms with Crippen molar-refractivity contribution in [1.29, 1.82) is 0 Å². The van der Waals surface area contributed by atoms with E-state index < -0.39 is 0 Å². The maximum Gasteiger partial charge on any atom is 0.160 e. The number of hydrogen-bond donors (Lipinski definition) is 0. The van der Waals surface area contributed by atoms with Crippen LogP contribution in [0.5, 0.6) is 0 Å². The van der Waals surface area contributed by atoms with Crippen molar-refractivity contribution in [3.8, 4) is 0 Å². The molecule has 0 bridgehead atoms. The zero-order chi connectivity index (χ0) is 10.7. The quantitative estimate of drug-likeness (QED) is 0.666. The van der Waals surface area contributed by atoms with Gasteiger partial charge in [0.15, 0.2) is 5.78 Å². The fourth-order valence-electron chi connectivity index (χ4n) is 1.63. The Morgan fingerprint density at radius 1 is 1.36 bits per heavy atom. The van der Waals surface area contributed by atoms with E-state index in [1.165, 1.54) is 5.56 Å². The van der Waals surface area contributed by atoms with Gasteiger partial charge in [0.1, 0.15) is 0 Å². The van der Waals surface area contributed by atoms with Gasteiger partial charge in [0.25, 0.3) is 0 Å². The molecular weight excluding hydrogens is 172 g/mol. The minimum atomic E-state index is 0.170. The van der Waals surface area contributed by atoms with Crippen LogP contribution in [0.2, 0.25) is 0 Å². The summed E-state index contributed by atoms with van der Waals surface area (Å²) in [6, 6.07) is 6.22. The zero-order valence-corrected chi connectivity index (χ0v) is 9.42. The summed E-state index contributed by atoms with van der Waals surface area (Å²) in [7, 11) is 0. The first kappa shape index (κ1) is 11.0. The highest BCUT2D eigenvalue weighted by Gasteiger charge is 2.10. The third-order valence-corrected chi connectivity index (χ3v) is 2.53. The van der Waals surface area contributed by atoms with Crippen LogP contribution < -0.4 is 0 Å². The predicted octanol–water partition coefficient (Wildman–Crippen LogP) is 3.58. The molecule has 0 saturated carbocycles. The second kappa shape index (κ2) is 4.41. The molecular formula is C13H18O. The fourth-order valence-corrected chi connectivity index (χ4v) is 1.63. The van der Waals surface area contributed by atoms with E-state index in [9.17, 15) is 4.79 Å². The van der Waals surface area contributed by atoms with Gasteiger partial charge in [0, 0.05) is 5.56 Å². The number of ketones is 1. The Bertz CT molecular complexity index is 337. The topological polar surface area (TPSA) is 17.1 Å². The van der Waals surface area contributed by atoms with Crippen LogP contribution in [0.15, 0.2) is 18.2 Å². The Morgan fingerprint density at radius 3 is 2.43 bits per heavy atom. The van der Waals surface area contributed by atoms with Crippen LogP contribution in [0.1, 0.15) is 55.1 Å². The molecule has 1 nitrogen and oxygen atoms in total. The van der Waals surface area contributed by atoms with Crippen molar-refractivity contribution >= 4 is 5.78 Å². The standard InChI is InChI=1S/C13H18O/c1-5-11-6-7-12(9(2)3)13(8-11)10(4)14/h6-9H,5H2,1-4H3. The van der Waals surface area contributed by atoms with Crippen LogP contribution >= 0.6 is 0 Å². The Morgan fingerprint density at radius 2 is 2.00 bits per heavy atom. The van der Waals surface area contributed by atoms with E-state index in [1.54, 1.807) is 6.92 Å². The Hall–Kier alpha value is -1.11. The number of benzene rings is 1. The normalized spacial score (nSPS) is 10.6. The van der Waals surface area contributed by atoms with Crippen molar-refractivity contribution in [1.82, 2.24) is 0 Å². The molecule has 0 radical (unpaired) electrons. The number of carbonyl (C=O) groups excluding carboxylic acids is 1. The minimum Gasteiger partial charge on any atom is -0.295 e. The molecule has 0 spiro atoms. The predicted molar refractivity (Wildman–Crippen MR) is 59.9 cm³/mol. The molecule has 1 heteroatoms. The van der Waals surface area contributed by atoms with Gasteiger partial charge in [0.2, 0.25) is 0 Å². The maximum absolute atomic E-state index is 11.4. The SMILES string of the molecule is CCc1ccc(C(C)C)c(C(C)=O)c1. The van der Waals surface area contributed by atoms with Gasteiger partial charge in [0.05, 0.1) is 0 Å². The second-order valence-electron chi connectivity index (χ2n) is 3.99. The van der Waals surface area contributed by atoms with Gasteiger partial charge in [-0.2, -0.15) is 0 Å². The summed E-state index contributed by atoms with van der Waals surface area (Å²) in [5.74, 6) is 0.587. The highest BCUT2D eigenvalue weighted by Crippen LogP contribution is 2.21. The summed E-state index contributed by atoms with van der Waals surface area (Å²) in [6.07, 6.45) is 0.985. The Labute approximate surface area is 86.1 Å². The lowest BCUT2D eigenvalue weighted by Crippen LogP contribution is -2.02. The van der Waals surface area contributed by atoms with E-state index in [2.05, 4.69) is 32.9 Å². The molecule has 0 aliphatic heterocycles. The fraction of sp³-hybridized carbons (Fsp3) is 0.462. The van der Waals surface area contributed by atoms with Gasteiger partial charge < -0.3 is 0 Å². The van der Waals surface area contributed by atoms with Crippen molar-refractivity contribution in [2.75, 3.05) is 0 Å². The van der Waals surface area contributed by atoms with Crippen molar-refractivity contribution in [3.63, 3.8) is 0 Å². The van der Waals surface area contributed by atoms with Crippen molar-refractivity contribution < 1.29 is 4.79 Å². The molecule has 0 amide bonds. The molecule has 0 fully saturated rings. The average molecular weight is 190 g/mol. The lowest BCUT2D eigenvalue weighted by molar-refractivity contribution is 0.101. The molecule has 0 atom stereocenters. The van der Waals surface area contributed by atoms with E-state index in [1.807, 2.05) is 6.07 Å². The van der Waals surface area contributed by atoms with Gasteiger partial charge in [-0.1, -0.05) is 32.9 Å². The molecule has 1 rings (SSSR count). The minimum absolute atomic E-state index is 0.170. The summed E-state index contributed by atoms with van der Waals surface area (Å²) in [6.45, 7) is 7.98. The molecule has 0 aromatic heterocycles. The number of carbonyl (C=O) groups is 1. The molecule has 0 unspecified atom stereocenters. The molecule has 0 N–H and O–H groups in total. The molecule has 0 aliphatic carbocycles. The van der Waals surface area contributed by atoms with Gasteiger partial charge in [-0.15, -0.1) is 0 Å². The number of hydrogen-bond acceptors (Lipinski definition) is 1. The third kappa shape index (κ3) is 2.22. The lowest BCUT2D eigenvalue weighted by Gasteiger charge is -2.11. The molecule has 1 aromatic carbocycles. The number of aryl methyl sites for hydroxylation is 1. The molecule has 0 saturated heterocycles. The van der Waals surface area contributed by atoms with Crippen LogP contribution in [-0.4, -0.2) is 5.78 Å². The Kier molecular flexibility index (Phi) is 3.45. The molecule has 0 heterocycles. The first-order valence-corrected chi connectivity index (χ1v) is 5.20. The molecule has 0 aliphatic rings. The van der Waals surface area contributed by atoms with Crippen LogP contribution in [0.3, 0.4) is 0 Å². The highest BCUT2D eigenvalue weighted by atomic mass is 16.1. The van der Waals surface area contributed by atoms with Crippen LogP contribution in [0.4, 0.5) is 0 Å². The molecule has 14 heavy (non-hydrogen) atoms. The Balaban J connectivity index is 3.24. The smallest absolute Gasteiger partial charge is 0.160 e. The molecule has 76 valence electrons. The monoisotopic (exact) mass is 190 g/mol. The van der Waals surface area contributed by atoms with Crippen LogP contribution in [-0.2, 0) is 6.42 Å². The van der Waals surface area contributed by atoms with E-state index in [4.69, 9.17) is 0 Å². The van der Waals surface area contributed by atoms with E-state index in [-0.39, 0.29) is 5.78 Å². The van der Waals surface area contributed by atoms with Crippen LogP contribution in [0.25, 0.3) is 0 Å². The van der Waals surface area contributed by atoms with Crippen molar-refractivity contribution in [2.45, 2.75) is 40.0 Å². The number of Topliss-reactive ketones (excluding diaryl/α,β-unsaturated/α-hetero) is 1. The lowest BCUT2D eigenvalue weighted by atomic mass is 9.93. The summed E-state index contributed by atoms with van der Waals surface area (Å²) in [5, 5.41) is 0.